The smallest absolute Gasteiger partial charge is 0.251 e. The van der Waals surface area contributed by atoms with Gasteiger partial charge in [0, 0.05) is 22.8 Å². The Morgan fingerprint density at radius 1 is 1.41 bits per heavy atom. The van der Waals surface area contributed by atoms with Gasteiger partial charge in [-0.15, -0.1) is 0 Å². The van der Waals surface area contributed by atoms with Crippen LogP contribution in [0.5, 0.6) is 0 Å². The van der Waals surface area contributed by atoms with Crippen molar-refractivity contribution in [2.75, 3.05) is 12.8 Å². The first-order chi connectivity index (χ1) is 7.86. The molecule has 0 saturated heterocycles. The predicted octanol–water partition coefficient (Wildman–Crippen LogP) is 1.99. The first-order valence-electron chi connectivity index (χ1n) is 5.14. The third kappa shape index (κ3) is 3.81. The molecule has 0 unspecified atom stereocenters. The van der Waals surface area contributed by atoms with E-state index in [1.165, 1.54) is 18.2 Å². The van der Waals surface area contributed by atoms with Gasteiger partial charge in [-0.3, -0.25) is 4.79 Å². The van der Waals surface area contributed by atoms with Crippen LogP contribution in [0.25, 0.3) is 0 Å². The fourth-order valence-electron chi connectivity index (χ4n) is 1.28. The Hall–Kier alpha value is -0.880. The summed E-state index contributed by atoms with van der Waals surface area (Å²) in [5.74, 6) is -0.201. The molecule has 94 valence electrons. The molecule has 1 N–H and O–H groups in total. The van der Waals surface area contributed by atoms with Gasteiger partial charge in [0.25, 0.3) is 5.91 Å². The molecule has 1 amide bonds. The Bertz CT molecular complexity index is 526. The number of rotatable bonds is 4. The van der Waals surface area contributed by atoms with Crippen molar-refractivity contribution in [3.05, 3.63) is 28.2 Å². The summed E-state index contributed by atoms with van der Waals surface area (Å²) in [4.78, 5) is 11.8. The maximum atomic E-state index is 11.6. The van der Waals surface area contributed by atoms with Gasteiger partial charge >= 0.3 is 0 Å². The highest BCUT2D eigenvalue weighted by atomic mass is 79.9. The van der Waals surface area contributed by atoms with Gasteiger partial charge in [-0.05, 0) is 40.5 Å². The Kier molecular flexibility index (Phi) is 4.70. The van der Waals surface area contributed by atoms with E-state index in [4.69, 9.17) is 0 Å². The van der Waals surface area contributed by atoms with Crippen molar-refractivity contribution in [3.8, 4) is 0 Å². The predicted molar refractivity (Wildman–Crippen MR) is 69.9 cm³/mol. The van der Waals surface area contributed by atoms with Crippen LogP contribution in [0.2, 0.25) is 0 Å². The van der Waals surface area contributed by atoms with Gasteiger partial charge in [0.2, 0.25) is 0 Å². The minimum Gasteiger partial charge on any atom is -0.352 e. The molecule has 0 aromatic heterocycles. The number of carbonyl (C=O) groups excluding carboxylic acids is 1. The quantitative estimate of drug-likeness (QED) is 0.923. The summed E-state index contributed by atoms with van der Waals surface area (Å²) < 4.78 is 23.2. The lowest BCUT2D eigenvalue weighted by Gasteiger charge is -2.06. The second-order valence-electron chi connectivity index (χ2n) is 3.67. The Balaban J connectivity index is 3.01. The van der Waals surface area contributed by atoms with E-state index in [2.05, 4.69) is 21.2 Å². The van der Waals surface area contributed by atoms with Gasteiger partial charge in [-0.2, -0.15) is 0 Å². The molecule has 0 aliphatic carbocycles. The number of hydrogen-bond acceptors (Lipinski definition) is 3. The number of benzene rings is 1. The molecule has 1 aromatic carbocycles. The van der Waals surface area contributed by atoms with Crippen molar-refractivity contribution in [3.63, 3.8) is 0 Å². The first kappa shape index (κ1) is 14.2. The Morgan fingerprint density at radius 2 is 2.06 bits per heavy atom. The zero-order chi connectivity index (χ0) is 13.1. The molecular formula is C11H14BrNO3S. The van der Waals surface area contributed by atoms with Gasteiger partial charge in [0.05, 0.1) is 4.90 Å². The van der Waals surface area contributed by atoms with E-state index in [9.17, 15) is 13.2 Å². The summed E-state index contributed by atoms with van der Waals surface area (Å²) in [6, 6.07) is 4.45. The summed E-state index contributed by atoms with van der Waals surface area (Å²) in [5, 5.41) is 2.72. The van der Waals surface area contributed by atoms with Gasteiger partial charge in [0.15, 0.2) is 9.84 Å². The van der Waals surface area contributed by atoms with E-state index >= 15 is 0 Å². The summed E-state index contributed by atoms with van der Waals surface area (Å²) in [6.45, 7) is 2.56. The van der Waals surface area contributed by atoms with E-state index in [0.29, 0.717) is 16.6 Å². The second-order valence-corrected chi connectivity index (χ2v) is 6.51. The number of amides is 1. The van der Waals surface area contributed by atoms with Crippen LogP contribution < -0.4 is 5.32 Å². The van der Waals surface area contributed by atoms with Gasteiger partial charge in [-0.25, -0.2) is 8.42 Å². The van der Waals surface area contributed by atoms with E-state index in [0.717, 1.165) is 12.7 Å². The van der Waals surface area contributed by atoms with E-state index in [1.807, 2.05) is 6.92 Å². The van der Waals surface area contributed by atoms with Crippen LogP contribution in [0.15, 0.2) is 27.6 Å². The molecular weight excluding hydrogens is 306 g/mol. The fourth-order valence-corrected chi connectivity index (χ4v) is 3.27. The molecule has 17 heavy (non-hydrogen) atoms. The van der Waals surface area contributed by atoms with Crippen LogP contribution in [-0.4, -0.2) is 27.1 Å². The van der Waals surface area contributed by atoms with Crippen LogP contribution in [0.3, 0.4) is 0 Å². The number of carbonyl (C=O) groups is 1. The molecule has 1 rings (SSSR count). The standard InChI is InChI=1S/C11H14BrNO3S/c1-3-6-13-11(14)8-4-5-10(9(12)7-8)17(2,15)16/h4-5,7H,3,6H2,1-2H3,(H,13,14). The second kappa shape index (κ2) is 5.64. The molecule has 0 bridgehead atoms. The topological polar surface area (TPSA) is 63.2 Å². The van der Waals surface area contributed by atoms with Crippen molar-refractivity contribution < 1.29 is 13.2 Å². The largest absolute Gasteiger partial charge is 0.352 e. The fraction of sp³-hybridized carbons (Fsp3) is 0.364. The molecule has 0 aliphatic heterocycles. The van der Waals surface area contributed by atoms with Crippen molar-refractivity contribution in [2.45, 2.75) is 18.2 Å². The molecule has 0 fully saturated rings. The van der Waals surface area contributed by atoms with E-state index < -0.39 is 9.84 Å². The number of hydrogen-bond donors (Lipinski definition) is 1. The molecule has 1 aromatic rings. The van der Waals surface area contributed by atoms with Crippen molar-refractivity contribution in [2.24, 2.45) is 0 Å². The molecule has 0 radical (unpaired) electrons. The maximum Gasteiger partial charge on any atom is 0.251 e. The van der Waals surface area contributed by atoms with Crippen LogP contribution in [-0.2, 0) is 9.84 Å². The number of nitrogens with one attached hydrogen (secondary N) is 1. The molecule has 0 heterocycles. The van der Waals surface area contributed by atoms with Crippen molar-refractivity contribution in [1.29, 1.82) is 0 Å². The minimum absolute atomic E-state index is 0.185. The van der Waals surface area contributed by atoms with E-state index in [-0.39, 0.29) is 10.8 Å². The van der Waals surface area contributed by atoms with E-state index in [1.54, 1.807) is 0 Å². The molecule has 0 saturated carbocycles. The summed E-state index contributed by atoms with van der Waals surface area (Å²) in [6.07, 6.45) is 1.98. The maximum absolute atomic E-state index is 11.6. The number of sulfone groups is 1. The minimum atomic E-state index is -3.27. The molecule has 6 heteroatoms. The SMILES string of the molecule is CCCNC(=O)c1ccc(S(C)(=O)=O)c(Br)c1. The summed E-state index contributed by atoms with van der Waals surface area (Å²) in [5.41, 5.74) is 0.442. The lowest BCUT2D eigenvalue weighted by Crippen LogP contribution is -2.24. The lowest BCUT2D eigenvalue weighted by molar-refractivity contribution is 0.0953. The molecule has 0 spiro atoms. The van der Waals surface area contributed by atoms with Gasteiger partial charge < -0.3 is 5.32 Å². The highest BCUT2D eigenvalue weighted by Crippen LogP contribution is 2.23. The van der Waals surface area contributed by atoms with Crippen LogP contribution in [0.1, 0.15) is 23.7 Å². The lowest BCUT2D eigenvalue weighted by atomic mass is 10.2. The molecule has 4 nitrogen and oxygen atoms in total. The molecule has 0 aliphatic rings. The molecule has 0 atom stereocenters. The third-order valence-electron chi connectivity index (χ3n) is 2.13. The summed E-state index contributed by atoms with van der Waals surface area (Å²) in [7, 11) is -3.27. The third-order valence-corrected chi connectivity index (χ3v) is 4.20. The highest BCUT2D eigenvalue weighted by Gasteiger charge is 2.14. The zero-order valence-corrected chi connectivity index (χ0v) is 12.1. The zero-order valence-electron chi connectivity index (χ0n) is 9.66. The van der Waals surface area contributed by atoms with Gasteiger partial charge in [0.1, 0.15) is 0 Å². The van der Waals surface area contributed by atoms with Crippen LogP contribution in [0, 0.1) is 0 Å². The van der Waals surface area contributed by atoms with Gasteiger partial charge in [-0.1, -0.05) is 6.92 Å². The highest BCUT2D eigenvalue weighted by molar-refractivity contribution is 9.10. The first-order valence-corrected chi connectivity index (χ1v) is 7.82. The monoisotopic (exact) mass is 319 g/mol. The van der Waals surface area contributed by atoms with Crippen LogP contribution >= 0.6 is 15.9 Å². The summed E-state index contributed by atoms with van der Waals surface area (Å²) >= 11 is 3.16. The Morgan fingerprint density at radius 3 is 2.53 bits per heavy atom. The average molecular weight is 320 g/mol. The Labute approximate surface area is 109 Å². The van der Waals surface area contributed by atoms with Crippen molar-refractivity contribution in [1.82, 2.24) is 5.32 Å². The average Bonchev–Trinajstić information content (AvgIpc) is 2.23. The number of halogens is 1. The van der Waals surface area contributed by atoms with Crippen LogP contribution in [0.4, 0.5) is 0 Å². The van der Waals surface area contributed by atoms with Crippen molar-refractivity contribution >= 4 is 31.7 Å². The normalized spacial score (nSPS) is 11.2.